The molecule has 16 heavy (non-hydrogen) atoms. The summed E-state index contributed by atoms with van der Waals surface area (Å²) in [6, 6.07) is 0. The van der Waals surface area contributed by atoms with Crippen molar-refractivity contribution in [2.75, 3.05) is 13.6 Å². The molecule has 92 valence electrons. The minimum absolute atomic E-state index is 0.145. The topological polar surface area (TPSA) is 83.6 Å². The normalized spacial score (nSPS) is 18.8. The zero-order valence-corrected chi connectivity index (χ0v) is 10.1. The Morgan fingerprint density at radius 1 is 1.44 bits per heavy atom. The van der Waals surface area contributed by atoms with Crippen LogP contribution in [0.25, 0.3) is 0 Å². The largest absolute Gasteiger partial charge is 0.480 e. The van der Waals surface area contributed by atoms with E-state index in [1.54, 1.807) is 0 Å². The lowest BCUT2D eigenvalue weighted by Gasteiger charge is -2.45. The molecule has 0 aliphatic heterocycles. The van der Waals surface area contributed by atoms with Crippen molar-refractivity contribution in [2.45, 2.75) is 38.6 Å². The first-order chi connectivity index (χ1) is 7.28. The van der Waals surface area contributed by atoms with Crippen LogP contribution in [-0.4, -0.2) is 41.0 Å². The Hall–Kier alpha value is -1.10. The first kappa shape index (κ1) is 13.0. The van der Waals surface area contributed by atoms with Gasteiger partial charge in [0.05, 0.1) is 5.41 Å². The molecule has 1 rings (SSSR count). The molecule has 1 fully saturated rings. The van der Waals surface area contributed by atoms with Crippen LogP contribution in [0.3, 0.4) is 0 Å². The molecule has 1 amide bonds. The number of carbonyl (C=O) groups excluding carboxylic acids is 1. The third kappa shape index (κ3) is 1.80. The Labute approximate surface area is 95.6 Å². The average Bonchev–Trinajstić information content (AvgIpc) is 2.15. The van der Waals surface area contributed by atoms with Crippen molar-refractivity contribution < 1.29 is 14.7 Å². The fraction of sp³-hybridized carbons (Fsp3) is 0.818. The number of hydrogen-bond donors (Lipinski definition) is 2. The molecule has 1 aliphatic carbocycles. The SMILES string of the molecule is CN(C(=O)C1(CN)CCC1)C(C)(C)C(=O)O. The van der Waals surface area contributed by atoms with E-state index in [4.69, 9.17) is 10.8 Å². The highest BCUT2D eigenvalue weighted by atomic mass is 16.4. The molecule has 1 saturated carbocycles. The summed E-state index contributed by atoms with van der Waals surface area (Å²) in [5.41, 5.74) is 3.93. The molecule has 0 aromatic heterocycles. The molecule has 0 unspecified atom stereocenters. The molecule has 0 radical (unpaired) electrons. The maximum absolute atomic E-state index is 12.2. The highest BCUT2D eigenvalue weighted by Gasteiger charge is 2.48. The van der Waals surface area contributed by atoms with Gasteiger partial charge in [-0.25, -0.2) is 4.79 Å². The fourth-order valence-corrected chi connectivity index (χ4v) is 1.86. The van der Waals surface area contributed by atoms with Crippen LogP contribution >= 0.6 is 0 Å². The summed E-state index contributed by atoms with van der Waals surface area (Å²) in [6.45, 7) is 3.35. The molecule has 0 aromatic rings. The monoisotopic (exact) mass is 228 g/mol. The predicted molar refractivity (Wildman–Crippen MR) is 59.8 cm³/mol. The lowest BCUT2D eigenvalue weighted by molar-refractivity contribution is -0.162. The van der Waals surface area contributed by atoms with Crippen LogP contribution in [0.4, 0.5) is 0 Å². The lowest BCUT2D eigenvalue weighted by Crippen LogP contribution is -2.59. The molecule has 3 N–H and O–H groups in total. The van der Waals surface area contributed by atoms with Crippen molar-refractivity contribution in [3.63, 3.8) is 0 Å². The van der Waals surface area contributed by atoms with Gasteiger partial charge in [0.25, 0.3) is 0 Å². The number of carboxylic acid groups (broad SMARTS) is 1. The Balaban J connectivity index is 2.85. The second kappa shape index (κ2) is 4.05. The summed E-state index contributed by atoms with van der Waals surface area (Å²) >= 11 is 0. The van der Waals surface area contributed by atoms with Gasteiger partial charge in [0.2, 0.25) is 5.91 Å². The van der Waals surface area contributed by atoms with E-state index in [1.807, 2.05) is 0 Å². The van der Waals surface area contributed by atoms with E-state index >= 15 is 0 Å². The Morgan fingerprint density at radius 2 is 1.94 bits per heavy atom. The van der Waals surface area contributed by atoms with Crippen LogP contribution in [0.2, 0.25) is 0 Å². The molecular formula is C11H20N2O3. The minimum Gasteiger partial charge on any atom is -0.480 e. The zero-order valence-electron chi connectivity index (χ0n) is 10.1. The number of carboxylic acids is 1. The van der Waals surface area contributed by atoms with Crippen molar-refractivity contribution >= 4 is 11.9 Å². The summed E-state index contributed by atoms with van der Waals surface area (Å²) in [7, 11) is 1.53. The van der Waals surface area contributed by atoms with Crippen molar-refractivity contribution in [2.24, 2.45) is 11.1 Å². The average molecular weight is 228 g/mol. The van der Waals surface area contributed by atoms with Gasteiger partial charge in [0.15, 0.2) is 0 Å². The molecule has 0 saturated heterocycles. The number of nitrogens with zero attached hydrogens (tertiary/aromatic N) is 1. The van der Waals surface area contributed by atoms with Crippen molar-refractivity contribution in [1.82, 2.24) is 4.90 Å². The van der Waals surface area contributed by atoms with Crippen LogP contribution in [0.5, 0.6) is 0 Å². The Bertz CT molecular complexity index is 303. The number of amides is 1. The zero-order chi connectivity index (χ0) is 12.6. The summed E-state index contributed by atoms with van der Waals surface area (Å²) in [5, 5.41) is 9.06. The van der Waals surface area contributed by atoms with Crippen LogP contribution in [0.15, 0.2) is 0 Å². The van der Waals surface area contributed by atoms with Crippen molar-refractivity contribution in [3.05, 3.63) is 0 Å². The molecule has 5 nitrogen and oxygen atoms in total. The van der Waals surface area contributed by atoms with E-state index < -0.39 is 16.9 Å². The van der Waals surface area contributed by atoms with Gasteiger partial charge in [-0.3, -0.25) is 4.79 Å². The molecule has 0 aromatic carbocycles. The third-order valence-electron chi connectivity index (χ3n) is 3.82. The summed E-state index contributed by atoms with van der Waals surface area (Å²) in [5.74, 6) is -1.15. The molecule has 5 heteroatoms. The van der Waals surface area contributed by atoms with Gasteiger partial charge in [-0.15, -0.1) is 0 Å². The van der Waals surface area contributed by atoms with Gasteiger partial charge in [-0.05, 0) is 26.7 Å². The quantitative estimate of drug-likeness (QED) is 0.731. The molecular weight excluding hydrogens is 208 g/mol. The standard InChI is InChI=1S/C11H20N2O3/c1-10(2,9(15)16)13(3)8(14)11(7-12)5-4-6-11/h4-7,12H2,1-3H3,(H,15,16). The predicted octanol–water partition coefficient (Wildman–Crippen LogP) is 0.437. The van der Waals surface area contributed by atoms with E-state index in [2.05, 4.69) is 0 Å². The fourth-order valence-electron chi connectivity index (χ4n) is 1.86. The van der Waals surface area contributed by atoms with Crippen LogP contribution in [0, 0.1) is 5.41 Å². The molecule has 0 bridgehead atoms. The second-order valence-electron chi connectivity index (χ2n) is 5.07. The van der Waals surface area contributed by atoms with Gasteiger partial charge >= 0.3 is 5.97 Å². The summed E-state index contributed by atoms with van der Waals surface area (Å²) in [4.78, 5) is 24.6. The van der Waals surface area contributed by atoms with Gasteiger partial charge in [-0.2, -0.15) is 0 Å². The number of carbonyl (C=O) groups is 2. The van der Waals surface area contributed by atoms with Crippen LogP contribution < -0.4 is 5.73 Å². The van der Waals surface area contributed by atoms with E-state index in [0.29, 0.717) is 6.54 Å². The highest BCUT2D eigenvalue weighted by molar-refractivity contribution is 5.90. The van der Waals surface area contributed by atoms with Crippen molar-refractivity contribution in [1.29, 1.82) is 0 Å². The van der Waals surface area contributed by atoms with E-state index in [0.717, 1.165) is 19.3 Å². The number of aliphatic carboxylic acids is 1. The minimum atomic E-state index is -1.19. The lowest BCUT2D eigenvalue weighted by atomic mass is 9.67. The number of nitrogens with two attached hydrogens (primary N) is 1. The van der Waals surface area contributed by atoms with E-state index in [9.17, 15) is 9.59 Å². The van der Waals surface area contributed by atoms with E-state index in [1.165, 1.54) is 25.8 Å². The van der Waals surface area contributed by atoms with Gasteiger partial charge < -0.3 is 15.7 Å². The maximum Gasteiger partial charge on any atom is 0.329 e. The molecule has 0 spiro atoms. The number of likely N-dealkylation sites (N-methyl/N-ethyl adjacent to an activating group) is 1. The second-order valence-corrected chi connectivity index (χ2v) is 5.07. The van der Waals surface area contributed by atoms with Gasteiger partial charge in [0.1, 0.15) is 5.54 Å². The van der Waals surface area contributed by atoms with Crippen LogP contribution in [0.1, 0.15) is 33.1 Å². The number of hydrogen-bond acceptors (Lipinski definition) is 3. The number of rotatable bonds is 4. The molecule has 0 heterocycles. The first-order valence-electron chi connectivity index (χ1n) is 5.50. The van der Waals surface area contributed by atoms with Gasteiger partial charge in [-0.1, -0.05) is 6.42 Å². The smallest absolute Gasteiger partial charge is 0.329 e. The third-order valence-corrected chi connectivity index (χ3v) is 3.82. The molecule has 1 aliphatic rings. The van der Waals surface area contributed by atoms with E-state index in [-0.39, 0.29) is 5.91 Å². The van der Waals surface area contributed by atoms with Crippen LogP contribution in [-0.2, 0) is 9.59 Å². The first-order valence-corrected chi connectivity index (χ1v) is 5.50. The highest BCUT2D eigenvalue weighted by Crippen LogP contribution is 2.42. The maximum atomic E-state index is 12.2. The summed E-state index contributed by atoms with van der Waals surface area (Å²) < 4.78 is 0. The Morgan fingerprint density at radius 3 is 2.19 bits per heavy atom. The molecule has 0 atom stereocenters. The van der Waals surface area contributed by atoms with Gasteiger partial charge in [0, 0.05) is 13.6 Å². The summed E-state index contributed by atoms with van der Waals surface area (Å²) in [6.07, 6.45) is 2.52. The van der Waals surface area contributed by atoms with Crippen molar-refractivity contribution in [3.8, 4) is 0 Å². The Kier molecular flexibility index (Phi) is 3.28.